The molecule has 0 fully saturated rings. The molecule has 0 saturated carbocycles. The molecular formula is C14H14O2S2. The Balaban J connectivity index is 2.11. The Labute approximate surface area is 115 Å². The Hall–Kier alpha value is -1.26. The fourth-order valence-corrected chi connectivity index (χ4v) is 3.74. The van der Waals surface area contributed by atoms with Crippen molar-refractivity contribution in [2.24, 2.45) is 0 Å². The third-order valence-corrected chi connectivity index (χ3v) is 4.80. The number of benzene rings is 2. The highest BCUT2D eigenvalue weighted by Crippen LogP contribution is 2.44. The highest BCUT2D eigenvalue weighted by atomic mass is 33.1. The molecule has 0 atom stereocenters. The van der Waals surface area contributed by atoms with E-state index in [9.17, 15) is 0 Å². The number of rotatable bonds is 5. The van der Waals surface area contributed by atoms with Gasteiger partial charge in [-0.25, -0.2) is 0 Å². The van der Waals surface area contributed by atoms with Gasteiger partial charge in [0.25, 0.3) is 0 Å². The molecule has 4 heteroatoms. The molecule has 0 aliphatic heterocycles. The maximum absolute atomic E-state index is 5.32. The van der Waals surface area contributed by atoms with Crippen molar-refractivity contribution < 1.29 is 9.47 Å². The number of para-hydroxylation sites is 2. The van der Waals surface area contributed by atoms with E-state index in [0.717, 1.165) is 21.3 Å². The van der Waals surface area contributed by atoms with E-state index in [2.05, 4.69) is 0 Å². The third kappa shape index (κ3) is 3.15. The van der Waals surface area contributed by atoms with Gasteiger partial charge in [-0.05, 0) is 45.9 Å². The molecule has 0 saturated heterocycles. The second-order valence-electron chi connectivity index (χ2n) is 3.47. The highest BCUT2D eigenvalue weighted by Gasteiger charge is 2.06. The van der Waals surface area contributed by atoms with Crippen LogP contribution in [0.2, 0.25) is 0 Å². The first-order chi connectivity index (χ1) is 8.85. The summed E-state index contributed by atoms with van der Waals surface area (Å²) in [5.74, 6) is 1.79. The van der Waals surface area contributed by atoms with E-state index in [1.165, 1.54) is 0 Å². The lowest BCUT2D eigenvalue weighted by Gasteiger charge is -2.09. The van der Waals surface area contributed by atoms with Gasteiger partial charge in [0.05, 0.1) is 24.0 Å². The van der Waals surface area contributed by atoms with Crippen LogP contribution in [0.15, 0.2) is 58.3 Å². The van der Waals surface area contributed by atoms with Crippen LogP contribution >= 0.6 is 21.6 Å². The summed E-state index contributed by atoms with van der Waals surface area (Å²) in [6.45, 7) is 0. The zero-order chi connectivity index (χ0) is 12.8. The molecule has 0 aliphatic rings. The lowest BCUT2D eigenvalue weighted by Crippen LogP contribution is -1.85. The quantitative estimate of drug-likeness (QED) is 0.749. The van der Waals surface area contributed by atoms with Gasteiger partial charge >= 0.3 is 0 Å². The predicted octanol–water partition coefficient (Wildman–Crippen LogP) is 4.50. The molecule has 18 heavy (non-hydrogen) atoms. The minimum Gasteiger partial charge on any atom is -0.496 e. The Morgan fingerprint density at radius 2 is 1.06 bits per heavy atom. The van der Waals surface area contributed by atoms with Gasteiger partial charge in [0.15, 0.2) is 0 Å². The smallest absolute Gasteiger partial charge is 0.133 e. The third-order valence-electron chi connectivity index (χ3n) is 2.36. The fourth-order valence-electron chi connectivity index (χ4n) is 1.47. The van der Waals surface area contributed by atoms with Gasteiger partial charge in [-0.2, -0.15) is 0 Å². The van der Waals surface area contributed by atoms with E-state index in [1.54, 1.807) is 35.8 Å². The summed E-state index contributed by atoms with van der Waals surface area (Å²) in [7, 11) is 6.71. The molecule has 0 spiro atoms. The minimum absolute atomic E-state index is 0.893. The molecule has 0 unspecified atom stereocenters. The second-order valence-corrected chi connectivity index (χ2v) is 5.68. The molecular weight excluding hydrogens is 264 g/mol. The molecule has 2 rings (SSSR count). The molecule has 0 aliphatic carbocycles. The maximum atomic E-state index is 5.32. The van der Waals surface area contributed by atoms with Crippen LogP contribution in [0.4, 0.5) is 0 Å². The lowest BCUT2D eigenvalue weighted by atomic mass is 10.3. The van der Waals surface area contributed by atoms with E-state index < -0.39 is 0 Å². The van der Waals surface area contributed by atoms with Gasteiger partial charge in [-0.1, -0.05) is 24.3 Å². The summed E-state index contributed by atoms with van der Waals surface area (Å²) in [6, 6.07) is 16.0. The molecule has 0 amide bonds. The number of hydrogen-bond donors (Lipinski definition) is 0. The van der Waals surface area contributed by atoms with E-state index >= 15 is 0 Å². The van der Waals surface area contributed by atoms with Crippen LogP contribution in [0.3, 0.4) is 0 Å². The van der Waals surface area contributed by atoms with Crippen molar-refractivity contribution in [1.29, 1.82) is 0 Å². The van der Waals surface area contributed by atoms with Gasteiger partial charge in [0.1, 0.15) is 11.5 Å². The molecule has 0 heterocycles. The van der Waals surface area contributed by atoms with E-state index in [0.29, 0.717) is 0 Å². The molecule has 94 valence electrons. The number of hydrogen-bond acceptors (Lipinski definition) is 4. The minimum atomic E-state index is 0.893. The van der Waals surface area contributed by atoms with Crippen molar-refractivity contribution in [3.8, 4) is 11.5 Å². The second kappa shape index (κ2) is 6.61. The molecule has 2 aromatic rings. The molecule has 0 N–H and O–H groups in total. The Morgan fingerprint density at radius 1 is 0.667 bits per heavy atom. The van der Waals surface area contributed by atoms with Gasteiger partial charge in [-0.3, -0.25) is 0 Å². The summed E-state index contributed by atoms with van der Waals surface area (Å²) in [6.07, 6.45) is 0. The van der Waals surface area contributed by atoms with Crippen LogP contribution in [0, 0.1) is 0 Å². The first kappa shape index (κ1) is 13.2. The Bertz CT molecular complexity index is 467. The molecule has 0 aromatic heterocycles. The van der Waals surface area contributed by atoms with Crippen LogP contribution in [-0.2, 0) is 0 Å². The molecule has 0 bridgehead atoms. The van der Waals surface area contributed by atoms with Crippen LogP contribution in [0.5, 0.6) is 11.5 Å². The van der Waals surface area contributed by atoms with Crippen LogP contribution in [0.1, 0.15) is 0 Å². The average molecular weight is 278 g/mol. The fraction of sp³-hybridized carbons (Fsp3) is 0.143. The summed E-state index contributed by atoms with van der Waals surface area (Å²) in [5.41, 5.74) is 0. The summed E-state index contributed by atoms with van der Waals surface area (Å²) < 4.78 is 10.6. The van der Waals surface area contributed by atoms with Crippen LogP contribution < -0.4 is 9.47 Å². The number of ether oxygens (including phenoxy) is 2. The van der Waals surface area contributed by atoms with Gasteiger partial charge in [0, 0.05) is 0 Å². The van der Waals surface area contributed by atoms with Gasteiger partial charge < -0.3 is 9.47 Å². The maximum Gasteiger partial charge on any atom is 0.133 e. The van der Waals surface area contributed by atoms with Crippen molar-refractivity contribution in [2.45, 2.75) is 9.79 Å². The summed E-state index contributed by atoms with van der Waals surface area (Å²) in [4.78, 5) is 2.21. The Morgan fingerprint density at radius 3 is 1.44 bits per heavy atom. The SMILES string of the molecule is COc1ccccc1SSc1ccccc1OC. The van der Waals surface area contributed by atoms with Crippen molar-refractivity contribution in [1.82, 2.24) is 0 Å². The predicted molar refractivity (Wildman–Crippen MR) is 77.7 cm³/mol. The molecule has 0 radical (unpaired) electrons. The summed E-state index contributed by atoms with van der Waals surface area (Å²) in [5, 5.41) is 0. The molecule has 2 aromatic carbocycles. The van der Waals surface area contributed by atoms with Crippen molar-refractivity contribution >= 4 is 21.6 Å². The highest BCUT2D eigenvalue weighted by molar-refractivity contribution is 8.76. The Kier molecular flexibility index (Phi) is 4.84. The zero-order valence-corrected chi connectivity index (χ0v) is 11.9. The van der Waals surface area contributed by atoms with E-state index in [4.69, 9.17) is 9.47 Å². The van der Waals surface area contributed by atoms with Crippen LogP contribution in [-0.4, -0.2) is 14.2 Å². The van der Waals surface area contributed by atoms with Crippen LogP contribution in [0.25, 0.3) is 0 Å². The zero-order valence-electron chi connectivity index (χ0n) is 10.3. The normalized spacial score (nSPS) is 10.1. The average Bonchev–Trinajstić information content (AvgIpc) is 2.45. The summed E-state index contributed by atoms with van der Waals surface area (Å²) >= 11 is 0. The molecule has 2 nitrogen and oxygen atoms in total. The van der Waals surface area contributed by atoms with E-state index in [-0.39, 0.29) is 0 Å². The number of methoxy groups -OCH3 is 2. The van der Waals surface area contributed by atoms with Crippen molar-refractivity contribution in [3.63, 3.8) is 0 Å². The van der Waals surface area contributed by atoms with E-state index in [1.807, 2.05) is 48.5 Å². The van der Waals surface area contributed by atoms with Gasteiger partial charge in [0.2, 0.25) is 0 Å². The lowest BCUT2D eigenvalue weighted by molar-refractivity contribution is 0.404. The monoisotopic (exact) mass is 278 g/mol. The van der Waals surface area contributed by atoms with Crippen molar-refractivity contribution in [3.05, 3.63) is 48.5 Å². The first-order valence-electron chi connectivity index (χ1n) is 5.45. The van der Waals surface area contributed by atoms with Gasteiger partial charge in [-0.15, -0.1) is 0 Å². The standard InChI is InChI=1S/C14H14O2S2/c1-15-11-7-3-5-9-13(11)17-18-14-10-6-4-8-12(14)16-2/h3-10H,1-2H3. The largest absolute Gasteiger partial charge is 0.496 e. The first-order valence-corrected chi connectivity index (χ1v) is 7.60. The topological polar surface area (TPSA) is 18.5 Å². The van der Waals surface area contributed by atoms with Crippen molar-refractivity contribution in [2.75, 3.05) is 14.2 Å².